The van der Waals surface area contributed by atoms with Gasteiger partial charge < -0.3 is 10.2 Å². The van der Waals surface area contributed by atoms with E-state index in [1.807, 2.05) is 12.1 Å². The van der Waals surface area contributed by atoms with E-state index in [0.717, 1.165) is 5.56 Å². The van der Waals surface area contributed by atoms with Crippen LogP contribution in [0.5, 0.6) is 0 Å². The van der Waals surface area contributed by atoms with Crippen LogP contribution >= 0.6 is 0 Å². The molecular weight excluding hydrogens is 354 g/mol. The molecular formula is C17H21N5O3S. The van der Waals surface area contributed by atoms with Crippen LogP contribution in [0.2, 0.25) is 0 Å². The van der Waals surface area contributed by atoms with E-state index in [-0.39, 0.29) is 29.1 Å². The van der Waals surface area contributed by atoms with Gasteiger partial charge in [0.05, 0.1) is 11.5 Å². The second kappa shape index (κ2) is 7.36. The van der Waals surface area contributed by atoms with Gasteiger partial charge in [-0.15, -0.1) is 0 Å². The Morgan fingerprint density at radius 3 is 2.85 bits per heavy atom. The molecule has 0 spiro atoms. The van der Waals surface area contributed by atoms with E-state index < -0.39 is 9.84 Å². The average molecular weight is 375 g/mol. The van der Waals surface area contributed by atoms with Crippen LogP contribution in [-0.4, -0.2) is 58.8 Å². The summed E-state index contributed by atoms with van der Waals surface area (Å²) in [5.74, 6) is 0.174. The van der Waals surface area contributed by atoms with Crippen LogP contribution in [0.15, 0.2) is 30.6 Å². The van der Waals surface area contributed by atoms with Crippen LogP contribution < -0.4 is 5.32 Å². The Bertz CT molecular complexity index is 902. The highest BCUT2D eigenvalue weighted by Gasteiger charge is 2.33. The van der Waals surface area contributed by atoms with Crippen LogP contribution in [-0.2, 0) is 16.4 Å². The Kier molecular flexibility index (Phi) is 5.17. The Morgan fingerprint density at radius 2 is 2.19 bits per heavy atom. The maximum atomic E-state index is 12.7. The second-order valence-electron chi connectivity index (χ2n) is 6.41. The smallest absolute Gasteiger partial charge is 0.272 e. The maximum Gasteiger partial charge on any atom is 0.272 e. The van der Waals surface area contributed by atoms with Gasteiger partial charge in [0, 0.05) is 37.7 Å². The Hall–Kier alpha value is -2.55. The summed E-state index contributed by atoms with van der Waals surface area (Å²) in [4.78, 5) is 26.8. The molecule has 3 rings (SSSR count). The zero-order valence-electron chi connectivity index (χ0n) is 14.7. The third-order valence-corrected chi connectivity index (χ3v) is 6.07. The highest BCUT2D eigenvalue weighted by Crippen LogP contribution is 2.18. The predicted molar refractivity (Wildman–Crippen MR) is 97.5 cm³/mol. The third-order valence-electron chi connectivity index (χ3n) is 4.32. The maximum absolute atomic E-state index is 12.7. The van der Waals surface area contributed by atoms with Crippen LogP contribution in [0.4, 0.5) is 5.95 Å². The molecule has 0 saturated carbocycles. The normalized spacial score (nSPS) is 18.5. The van der Waals surface area contributed by atoms with Crippen molar-refractivity contribution in [2.24, 2.45) is 0 Å². The lowest BCUT2D eigenvalue weighted by atomic mass is 10.2. The fraction of sp³-hybridized carbons (Fsp3) is 0.412. The lowest BCUT2D eigenvalue weighted by Gasteiger charge is -2.23. The fourth-order valence-corrected chi connectivity index (χ4v) is 4.64. The molecule has 2 aromatic rings. The molecule has 1 amide bonds. The largest absolute Gasteiger partial charge is 0.350 e. The van der Waals surface area contributed by atoms with Crippen LogP contribution in [0.1, 0.15) is 28.2 Å². The second-order valence-corrected chi connectivity index (χ2v) is 8.63. The molecule has 26 heavy (non-hydrogen) atoms. The van der Waals surface area contributed by atoms with Crippen molar-refractivity contribution in [1.82, 2.24) is 19.9 Å². The number of pyridine rings is 1. The number of hydrogen-bond acceptors (Lipinski definition) is 7. The van der Waals surface area contributed by atoms with E-state index in [4.69, 9.17) is 0 Å². The number of hydrogen-bond donors (Lipinski definition) is 1. The van der Waals surface area contributed by atoms with Crippen molar-refractivity contribution in [3.63, 3.8) is 0 Å². The van der Waals surface area contributed by atoms with Crippen LogP contribution in [0.25, 0.3) is 0 Å². The van der Waals surface area contributed by atoms with Crippen molar-refractivity contribution in [3.8, 4) is 0 Å². The minimum Gasteiger partial charge on any atom is -0.350 e. The van der Waals surface area contributed by atoms with E-state index in [1.54, 1.807) is 32.4 Å². The number of aryl methyl sites for hydroxylation is 1. The zero-order chi connectivity index (χ0) is 18.7. The highest BCUT2D eigenvalue weighted by molar-refractivity contribution is 7.91. The van der Waals surface area contributed by atoms with E-state index >= 15 is 0 Å². The Balaban J connectivity index is 1.73. The van der Waals surface area contributed by atoms with Crippen LogP contribution in [0.3, 0.4) is 0 Å². The summed E-state index contributed by atoms with van der Waals surface area (Å²) in [5.41, 5.74) is 1.88. The first-order valence-corrected chi connectivity index (χ1v) is 10.1. The first-order valence-electron chi connectivity index (χ1n) is 8.30. The number of rotatable bonds is 5. The topological polar surface area (TPSA) is 105 Å². The van der Waals surface area contributed by atoms with Crippen molar-refractivity contribution >= 4 is 21.7 Å². The van der Waals surface area contributed by atoms with Gasteiger partial charge in [0.25, 0.3) is 5.91 Å². The number of carbonyl (C=O) groups excluding carboxylic acids is 1. The first kappa shape index (κ1) is 18.2. The molecule has 0 bridgehead atoms. The standard InChI is InChI=1S/C17H21N5O3S/c1-12-8-15(16(23)22(2)14-5-7-26(24,25)11-14)21-17(20-12)19-10-13-4-3-6-18-9-13/h3-4,6,8-9,14H,5,7,10-11H2,1-2H3,(H,19,20,21). The summed E-state index contributed by atoms with van der Waals surface area (Å²) in [6.45, 7) is 2.27. The van der Waals surface area contributed by atoms with Gasteiger partial charge in [-0.3, -0.25) is 9.78 Å². The summed E-state index contributed by atoms with van der Waals surface area (Å²) in [7, 11) is -1.44. The molecule has 0 radical (unpaired) electrons. The molecule has 1 N–H and O–H groups in total. The van der Waals surface area contributed by atoms with Gasteiger partial charge in [-0.2, -0.15) is 0 Å². The molecule has 0 aromatic carbocycles. The van der Waals surface area contributed by atoms with Gasteiger partial charge >= 0.3 is 0 Å². The monoisotopic (exact) mass is 375 g/mol. The van der Waals surface area contributed by atoms with Crippen molar-refractivity contribution < 1.29 is 13.2 Å². The molecule has 0 aliphatic carbocycles. The van der Waals surface area contributed by atoms with Crippen molar-refractivity contribution in [2.75, 3.05) is 23.9 Å². The third kappa shape index (κ3) is 4.34. The highest BCUT2D eigenvalue weighted by atomic mass is 32.2. The minimum absolute atomic E-state index is 0.00538. The minimum atomic E-state index is -3.06. The first-order chi connectivity index (χ1) is 12.3. The number of nitrogens with one attached hydrogen (secondary N) is 1. The lowest BCUT2D eigenvalue weighted by molar-refractivity contribution is 0.0741. The Labute approximate surface area is 152 Å². The van der Waals surface area contributed by atoms with Gasteiger partial charge in [0.2, 0.25) is 5.95 Å². The summed E-state index contributed by atoms with van der Waals surface area (Å²) < 4.78 is 23.3. The number of sulfone groups is 1. The number of amides is 1. The Morgan fingerprint density at radius 1 is 1.38 bits per heavy atom. The van der Waals surface area contributed by atoms with Crippen molar-refractivity contribution in [2.45, 2.75) is 25.9 Å². The molecule has 2 aromatic heterocycles. The number of nitrogens with zero attached hydrogens (tertiary/aromatic N) is 4. The SMILES string of the molecule is Cc1cc(C(=O)N(C)C2CCS(=O)(=O)C2)nc(NCc2cccnc2)n1. The summed E-state index contributed by atoms with van der Waals surface area (Å²) in [6, 6.07) is 5.07. The average Bonchev–Trinajstić information content (AvgIpc) is 2.99. The zero-order valence-corrected chi connectivity index (χ0v) is 15.5. The van der Waals surface area contributed by atoms with Gasteiger partial charge in [0.15, 0.2) is 9.84 Å². The van der Waals surface area contributed by atoms with Gasteiger partial charge in [0.1, 0.15) is 5.69 Å². The molecule has 1 fully saturated rings. The number of carbonyl (C=O) groups is 1. The molecule has 3 heterocycles. The predicted octanol–water partition coefficient (Wildman–Crippen LogP) is 1.05. The molecule has 138 valence electrons. The van der Waals surface area contributed by atoms with Crippen LogP contribution in [0, 0.1) is 6.92 Å². The summed E-state index contributed by atoms with van der Waals surface area (Å²) in [5, 5.41) is 3.09. The fourth-order valence-electron chi connectivity index (χ4n) is 2.87. The van der Waals surface area contributed by atoms with E-state index in [1.165, 1.54) is 4.90 Å². The number of aromatic nitrogens is 3. The number of anilines is 1. The van der Waals surface area contributed by atoms with Crippen molar-refractivity contribution in [1.29, 1.82) is 0 Å². The van der Waals surface area contributed by atoms with Crippen molar-refractivity contribution in [3.05, 3.63) is 47.5 Å². The molecule has 1 aliphatic heterocycles. The van der Waals surface area contributed by atoms with Gasteiger partial charge in [-0.05, 0) is 31.0 Å². The molecule has 8 nitrogen and oxygen atoms in total. The van der Waals surface area contributed by atoms with E-state index in [9.17, 15) is 13.2 Å². The van der Waals surface area contributed by atoms with Gasteiger partial charge in [-0.1, -0.05) is 6.07 Å². The summed E-state index contributed by atoms with van der Waals surface area (Å²) >= 11 is 0. The molecule has 1 saturated heterocycles. The molecule has 1 atom stereocenters. The molecule has 9 heteroatoms. The molecule has 1 unspecified atom stereocenters. The quantitative estimate of drug-likeness (QED) is 0.833. The lowest BCUT2D eigenvalue weighted by Crippen LogP contribution is -2.38. The van der Waals surface area contributed by atoms with E-state index in [2.05, 4.69) is 20.3 Å². The molecule has 1 aliphatic rings. The summed E-state index contributed by atoms with van der Waals surface area (Å²) in [6.07, 6.45) is 3.90. The van der Waals surface area contributed by atoms with E-state index in [0.29, 0.717) is 24.6 Å². The van der Waals surface area contributed by atoms with Gasteiger partial charge in [-0.25, -0.2) is 18.4 Å².